The van der Waals surface area contributed by atoms with Crippen molar-refractivity contribution in [1.29, 1.82) is 0 Å². The molecular formula is C24H25ClFN5O3. The van der Waals surface area contributed by atoms with Crippen molar-refractivity contribution in [2.45, 2.75) is 25.3 Å². The van der Waals surface area contributed by atoms with Crippen LogP contribution in [-0.4, -0.2) is 58.6 Å². The number of rotatable bonds is 6. The standard InChI is InChI=1S/C24H25ClFN5O3/c1-27-23(32)15-6-7-31(17(10-15)9-14-4-3-5-16(25)8-14)24(33)21-12-20(29-30-21)18-11-22(34-2)28-13-19(18)26/h3-5,8,11-13,15,17H,6-7,9-10H2,1-2H3,(H,27,32)(H,29,30). The molecule has 1 aromatic carbocycles. The number of methoxy groups -OCH3 is 1. The van der Waals surface area contributed by atoms with E-state index in [-0.39, 0.29) is 40.9 Å². The van der Waals surface area contributed by atoms with E-state index in [1.807, 2.05) is 18.2 Å². The third kappa shape index (κ3) is 5.04. The maximum absolute atomic E-state index is 14.3. The highest BCUT2D eigenvalue weighted by Gasteiger charge is 2.35. The van der Waals surface area contributed by atoms with E-state index in [0.29, 0.717) is 36.5 Å². The second-order valence-corrected chi connectivity index (χ2v) is 8.63. The van der Waals surface area contributed by atoms with Crippen LogP contribution in [0.3, 0.4) is 0 Å². The predicted octanol–water partition coefficient (Wildman–Crippen LogP) is 3.48. The monoisotopic (exact) mass is 485 g/mol. The van der Waals surface area contributed by atoms with E-state index in [9.17, 15) is 14.0 Å². The highest BCUT2D eigenvalue weighted by atomic mass is 35.5. The molecule has 3 heterocycles. The van der Waals surface area contributed by atoms with E-state index in [2.05, 4.69) is 20.5 Å². The molecule has 0 saturated carbocycles. The average Bonchev–Trinajstić information content (AvgIpc) is 3.33. The lowest BCUT2D eigenvalue weighted by molar-refractivity contribution is -0.126. The Morgan fingerprint density at radius 3 is 2.88 bits per heavy atom. The summed E-state index contributed by atoms with van der Waals surface area (Å²) in [6, 6.07) is 10.2. The fraction of sp³-hybridized carbons (Fsp3) is 0.333. The van der Waals surface area contributed by atoms with Crippen molar-refractivity contribution in [3.63, 3.8) is 0 Å². The van der Waals surface area contributed by atoms with Crippen LogP contribution in [0.1, 0.15) is 28.9 Å². The second-order valence-electron chi connectivity index (χ2n) is 8.20. The molecule has 8 nitrogen and oxygen atoms in total. The van der Waals surface area contributed by atoms with Gasteiger partial charge in [0.15, 0.2) is 11.5 Å². The number of likely N-dealkylation sites (tertiary alicyclic amines) is 1. The Labute approximate surface area is 201 Å². The van der Waals surface area contributed by atoms with Crippen molar-refractivity contribution in [2.75, 3.05) is 20.7 Å². The van der Waals surface area contributed by atoms with Gasteiger partial charge in [-0.3, -0.25) is 14.7 Å². The van der Waals surface area contributed by atoms with Gasteiger partial charge in [-0.25, -0.2) is 9.37 Å². The van der Waals surface area contributed by atoms with Crippen LogP contribution in [-0.2, 0) is 11.2 Å². The van der Waals surface area contributed by atoms with Crippen LogP contribution in [0.4, 0.5) is 4.39 Å². The van der Waals surface area contributed by atoms with E-state index in [1.165, 1.54) is 19.2 Å². The van der Waals surface area contributed by atoms with E-state index in [4.69, 9.17) is 16.3 Å². The van der Waals surface area contributed by atoms with Crippen LogP contribution >= 0.6 is 11.6 Å². The quantitative estimate of drug-likeness (QED) is 0.556. The number of ether oxygens (including phenoxy) is 1. The molecule has 1 fully saturated rings. The smallest absolute Gasteiger partial charge is 0.274 e. The van der Waals surface area contributed by atoms with E-state index in [1.54, 1.807) is 18.0 Å². The molecule has 34 heavy (non-hydrogen) atoms. The normalized spacial score (nSPS) is 17.9. The lowest BCUT2D eigenvalue weighted by atomic mass is 9.86. The first kappa shape index (κ1) is 23.7. The number of halogens is 2. The van der Waals surface area contributed by atoms with Gasteiger partial charge in [-0.2, -0.15) is 5.10 Å². The number of pyridine rings is 1. The molecule has 1 saturated heterocycles. The fourth-order valence-electron chi connectivity index (χ4n) is 4.34. The number of piperidine rings is 1. The van der Waals surface area contributed by atoms with Gasteiger partial charge in [0, 0.05) is 42.2 Å². The lowest BCUT2D eigenvalue weighted by Gasteiger charge is -2.38. The Hall–Kier alpha value is -3.46. The minimum Gasteiger partial charge on any atom is -0.481 e. The highest BCUT2D eigenvalue weighted by Crippen LogP contribution is 2.29. The van der Waals surface area contributed by atoms with Gasteiger partial charge in [-0.1, -0.05) is 23.7 Å². The van der Waals surface area contributed by atoms with Crippen LogP contribution < -0.4 is 10.1 Å². The molecule has 3 aromatic rings. The number of aromatic nitrogens is 3. The molecule has 4 rings (SSSR count). The third-order valence-corrected chi connectivity index (χ3v) is 6.32. The summed E-state index contributed by atoms with van der Waals surface area (Å²) >= 11 is 6.15. The number of hydrogen-bond acceptors (Lipinski definition) is 5. The summed E-state index contributed by atoms with van der Waals surface area (Å²) in [6.45, 7) is 0.405. The molecule has 0 bridgehead atoms. The molecule has 2 aromatic heterocycles. The Morgan fingerprint density at radius 1 is 1.32 bits per heavy atom. The van der Waals surface area contributed by atoms with E-state index >= 15 is 0 Å². The van der Waals surface area contributed by atoms with Gasteiger partial charge in [0.05, 0.1) is 19.0 Å². The molecular weight excluding hydrogens is 461 g/mol. The number of amides is 2. The Bertz CT molecular complexity index is 1200. The van der Waals surface area contributed by atoms with Crippen molar-refractivity contribution in [1.82, 2.24) is 25.4 Å². The molecule has 2 N–H and O–H groups in total. The van der Waals surface area contributed by atoms with Crippen LogP contribution in [0, 0.1) is 11.7 Å². The van der Waals surface area contributed by atoms with Crippen molar-refractivity contribution in [3.05, 3.63) is 64.7 Å². The number of benzene rings is 1. The number of nitrogens with one attached hydrogen (secondary N) is 2. The van der Waals surface area contributed by atoms with Crippen LogP contribution in [0.15, 0.2) is 42.6 Å². The van der Waals surface area contributed by atoms with Crippen LogP contribution in [0.25, 0.3) is 11.3 Å². The SMILES string of the molecule is CNC(=O)C1CCN(C(=O)c2cc(-c3cc(OC)ncc3F)[nH]n2)C(Cc2cccc(Cl)c2)C1. The zero-order chi connectivity index (χ0) is 24.2. The van der Waals surface area contributed by atoms with Gasteiger partial charge in [-0.15, -0.1) is 0 Å². The third-order valence-electron chi connectivity index (χ3n) is 6.08. The van der Waals surface area contributed by atoms with Gasteiger partial charge < -0.3 is 15.0 Å². The zero-order valence-corrected chi connectivity index (χ0v) is 19.6. The largest absolute Gasteiger partial charge is 0.481 e. The minimum absolute atomic E-state index is 0.0349. The molecule has 0 spiro atoms. The molecule has 1 aliphatic heterocycles. The fourth-order valence-corrected chi connectivity index (χ4v) is 4.56. The van der Waals surface area contributed by atoms with E-state index in [0.717, 1.165) is 11.8 Å². The number of nitrogens with zero attached hydrogens (tertiary/aromatic N) is 3. The van der Waals surface area contributed by atoms with Crippen molar-refractivity contribution >= 4 is 23.4 Å². The first-order chi connectivity index (χ1) is 16.4. The minimum atomic E-state index is -0.561. The van der Waals surface area contributed by atoms with Gasteiger partial charge >= 0.3 is 0 Å². The molecule has 2 unspecified atom stereocenters. The first-order valence-electron chi connectivity index (χ1n) is 10.9. The molecule has 178 valence electrons. The number of aromatic amines is 1. The summed E-state index contributed by atoms with van der Waals surface area (Å²) in [5.41, 5.74) is 1.68. The van der Waals surface area contributed by atoms with Crippen LogP contribution in [0.2, 0.25) is 5.02 Å². The Balaban J connectivity index is 1.59. The highest BCUT2D eigenvalue weighted by molar-refractivity contribution is 6.30. The predicted molar refractivity (Wildman–Crippen MR) is 125 cm³/mol. The zero-order valence-electron chi connectivity index (χ0n) is 18.8. The maximum Gasteiger partial charge on any atom is 0.274 e. The van der Waals surface area contributed by atoms with Gasteiger partial charge in [0.25, 0.3) is 5.91 Å². The Morgan fingerprint density at radius 2 is 2.15 bits per heavy atom. The number of carbonyl (C=O) groups is 2. The van der Waals surface area contributed by atoms with E-state index < -0.39 is 5.82 Å². The number of H-pyrrole nitrogens is 1. The summed E-state index contributed by atoms with van der Waals surface area (Å²) in [5.74, 6) is -0.824. The van der Waals surface area contributed by atoms with Gasteiger partial charge in [-0.05, 0) is 43.0 Å². The number of hydrogen-bond donors (Lipinski definition) is 2. The molecule has 2 amide bonds. The molecule has 10 heteroatoms. The molecule has 1 aliphatic rings. The first-order valence-corrected chi connectivity index (χ1v) is 11.3. The lowest BCUT2D eigenvalue weighted by Crippen LogP contribution is -2.49. The summed E-state index contributed by atoms with van der Waals surface area (Å²) in [4.78, 5) is 31.3. The summed E-state index contributed by atoms with van der Waals surface area (Å²) < 4.78 is 19.4. The average molecular weight is 486 g/mol. The Kier molecular flexibility index (Phi) is 7.12. The van der Waals surface area contributed by atoms with Crippen molar-refractivity contribution in [2.24, 2.45) is 5.92 Å². The summed E-state index contributed by atoms with van der Waals surface area (Å²) in [6.07, 6.45) is 2.67. The summed E-state index contributed by atoms with van der Waals surface area (Å²) in [7, 11) is 3.05. The van der Waals surface area contributed by atoms with Crippen LogP contribution in [0.5, 0.6) is 5.88 Å². The number of carbonyl (C=O) groups excluding carboxylic acids is 2. The summed E-state index contributed by atoms with van der Waals surface area (Å²) in [5, 5.41) is 10.2. The van der Waals surface area contributed by atoms with Gasteiger partial charge in [0.1, 0.15) is 0 Å². The van der Waals surface area contributed by atoms with Gasteiger partial charge in [0.2, 0.25) is 11.8 Å². The maximum atomic E-state index is 14.3. The molecule has 2 atom stereocenters. The second kappa shape index (κ2) is 10.2. The topological polar surface area (TPSA) is 100 Å². The van der Waals surface area contributed by atoms with Crippen molar-refractivity contribution < 1.29 is 18.7 Å². The molecule has 0 aliphatic carbocycles. The molecule has 0 radical (unpaired) electrons. The van der Waals surface area contributed by atoms with Crippen molar-refractivity contribution in [3.8, 4) is 17.1 Å².